The van der Waals surface area contributed by atoms with Gasteiger partial charge in [-0.1, -0.05) is 0 Å². The summed E-state index contributed by atoms with van der Waals surface area (Å²) >= 11 is 0. The van der Waals surface area contributed by atoms with Crippen LogP contribution in [0.25, 0.3) is 0 Å². The monoisotopic (exact) mass is 379 g/mol. The minimum Gasteiger partial charge on any atom is -0.382 e. The number of rotatable bonds is 5. The van der Waals surface area contributed by atoms with E-state index in [1.165, 1.54) is 0 Å². The third-order valence-electron chi connectivity index (χ3n) is 4.07. The molecule has 0 spiro atoms. The third-order valence-corrected chi connectivity index (χ3v) is 4.07. The lowest BCUT2D eigenvalue weighted by molar-refractivity contribution is 0.100. The van der Waals surface area contributed by atoms with Crippen molar-refractivity contribution >= 4 is 23.1 Å². The van der Waals surface area contributed by atoms with Gasteiger partial charge in [-0.3, -0.25) is 14.5 Å². The lowest BCUT2D eigenvalue weighted by Gasteiger charge is -2.22. The van der Waals surface area contributed by atoms with Crippen LogP contribution in [0.5, 0.6) is 0 Å². The number of hydrogen-bond acceptors (Lipinski definition) is 6. The smallest absolute Gasteiger partial charge is 0.273 e. The van der Waals surface area contributed by atoms with E-state index in [2.05, 4.69) is 25.7 Å². The third kappa shape index (κ3) is 4.46. The fraction of sp³-hybridized carbons (Fsp3) is 0.300. The molecule has 0 unspecified atom stereocenters. The van der Waals surface area contributed by atoms with E-state index in [1.54, 1.807) is 29.2 Å². The van der Waals surface area contributed by atoms with Crippen LogP contribution in [0.2, 0.25) is 0 Å². The number of amides is 1. The van der Waals surface area contributed by atoms with E-state index in [4.69, 9.17) is 5.73 Å². The molecule has 0 saturated heterocycles. The predicted molar refractivity (Wildman–Crippen MR) is 110 cm³/mol. The molecule has 146 valence electrons. The second-order valence-electron chi connectivity index (χ2n) is 7.53. The maximum absolute atomic E-state index is 12.8. The van der Waals surface area contributed by atoms with Gasteiger partial charge in [0.1, 0.15) is 11.5 Å². The van der Waals surface area contributed by atoms with Crippen LogP contribution in [-0.4, -0.2) is 25.7 Å². The van der Waals surface area contributed by atoms with Gasteiger partial charge >= 0.3 is 0 Å². The van der Waals surface area contributed by atoms with Crippen molar-refractivity contribution in [1.82, 2.24) is 19.7 Å². The summed E-state index contributed by atoms with van der Waals surface area (Å²) in [5.74, 6) is 0.218. The second kappa shape index (κ2) is 7.67. The van der Waals surface area contributed by atoms with Gasteiger partial charge in [-0.05, 0) is 58.0 Å². The summed E-state index contributed by atoms with van der Waals surface area (Å²) in [6.07, 6.45) is 3.30. The maximum Gasteiger partial charge on any atom is 0.273 e. The Kier molecular flexibility index (Phi) is 5.30. The summed E-state index contributed by atoms with van der Waals surface area (Å²) in [6.45, 7) is 8.36. The van der Waals surface area contributed by atoms with E-state index in [1.807, 2.05) is 45.9 Å². The zero-order chi connectivity index (χ0) is 20.3. The first-order chi connectivity index (χ1) is 13.2. The number of pyridine rings is 2. The standard InChI is InChI=1S/C20H25N7O/c1-13-10-17(27(26-13)20(2,3)4)19(28)25-14-7-9-22-15(11-14)12-24-16-6-5-8-23-18(16)21/h5-11,24H,12H2,1-4H3,(H2,21,23)(H,22,25,28). The molecule has 4 N–H and O–H groups in total. The Hall–Kier alpha value is -3.42. The molecule has 1 amide bonds. The molecule has 0 aliphatic rings. The highest BCUT2D eigenvalue weighted by molar-refractivity contribution is 6.03. The number of anilines is 3. The Balaban J connectivity index is 1.73. The number of nitrogens with two attached hydrogens (primary N) is 1. The highest BCUT2D eigenvalue weighted by atomic mass is 16.2. The van der Waals surface area contributed by atoms with Crippen molar-refractivity contribution in [2.75, 3.05) is 16.4 Å². The second-order valence-corrected chi connectivity index (χ2v) is 7.53. The van der Waals surface area contributed by atoms with Crippen LogP contribution in [0.4, 0.5) is 17.2 Å². The van der Waals surface area contributed by atoms with E-state index < -0.39 is 0 Å². The van der Waals surface area contributed by atoms with Gasteiger partial charge in [0.15, 0.2) is 0 Å². The van der Waals surface area contributed by atoms with Crippen LogP contribution >= 0.6 is 0 Å². The summed E-state index contributed by atoms with van der Waals surface area (Å²) in [4.78, 5) is 21.2. The molecule has 3 rings (SSSR count). The number of carbonyl (C=O) groups excluding carboxylic acids is 1. The Morgan fingerprint density at radius 2 is 1.96 bits per heavy atom. The van der Waals surface area contributed by atoms with Crippen molar-refractivity contribution in [2.45, 2.75) is 39.8 Å². The SMILES string of the molecule is Cc1cc(C(=O)Nc2ccnc(CNc3cccnc3N)c2)n(C(C)(C)C)n1. The van der Waals surface area contributed by atoms with E-state index in [9.17, 15) is 4.79 Å². The average Bonchev–Trinajstić information content (AvgIpc) is 3.04. The fourth-order valence-electron chi connectivity index (χ4n) is 2.77. The van der Waals surface area contributed by atoms with E-state index in [0.717, 1.165) is 17.1 Å². The number of aryl methyl sites for hydroxylation is 1. The summed E-state index contributed by atoms with van der Waals surface area (Å²) in [5, 5.41) is 10.6. The lowest BCUT2D eigenvalue weighted by Crippen LogP contribution is -2.29. The van der Waals surface area contributed by atoms with Crippen LogP contribution < -0.4 is 16.4 Å². The molecule has 3 heterocycles. The van der Waals surface area contributed by atoms with Crippen LogP contribution in [-0.2, 0) is 12.1 Å². The zero-order valence-electron chi connectivity index (χ0n) is 16.5. The summed E-state index contributed by atoms with van der Waals surface area (Å²) in [7, 11) is 0. The Labute approximate surface area is 164 Å². The van der Waals surface area contributed by atoms with Crippen molar-refractivity contribution in [2.24, 2.45) is 0 Å². The number of hydrogen-bond donors (Lipinski definition) is 3. The predicted octanol–water partition coefficient (Wildman–Crippen LogP) is 3.18. The number of nitrogens with zero attached hydrogens (tertiary/aromatic N) is 4. The van der Waals surface area contributed by atoms with Crippen molar-refractivity contribution in [3.05, 3.63) is 59.8 Å². The van der Waals surface area contributed by atoms with Gasteiger partial charge < -0.3 is 16.4 Å². The maximum atomic E-state index is 12.8. The van der Waals surface area contributed by atoms with Gasteiger partial charge in [0.25, 0.3) is 5.91 Å². The number of nitrogens with one attached hydrogen (secondary N) is 2. The molecule has 0 atom stereocenters. The zero-order valence-corrected chi connectivity index (χ0v) is 16.5. The van der Waals surface area contributed by atoms with Gasteiger partial charge in [-0.15, -0.1) is 0 Å². The van der Waals surface area contributed by atoms with Crippen LogP contribution in [0, 0.1) is 6.92 Å². The van der Waals surface area contributed by atoms with Gasteiger partial charge in [0.05, 0.1) is 29.2 Å². The minimum atomic E-state index is -0.294. The Morgan fingerprint density at radius 3 is 2.68 bits per heavy atom. The van der Waals surface area contributed by atoms with E-state index in [0.29, 0.717) is 23.7 Å². The molecule has 3 aromatic rings. The minimum absolute atomic E-state index is 0.211. The van der Waals surface area contributed by atoms with Crippen molar-refractivity contribution in [3.8, 4) is 0 Å². The van der Waals surface area contributed by atoms with Crippen molar-refractivity contribution in [1.29, 1.82) is 0 Å². The van der Waals surface area contributed by atoms with Crippen LogP contribution in [0.15, 0.2) is 42.7 Å². The van der Waals surface area contributed by atoms with Crippen LogP contribution in [0.1, 0.15) is 42.6 Å². The van der Waals surface area contributed by atoms with Gasteiger partial charge in [0, 0.05) is 18.1 Å². The molecule has 0 aliphatic heterocycles. The molecule has 0 aromatic carbocycles. The molecule has 0 radical (unpaired) electrons. The number of carbonyl (C=O) groups is 1. The summed E-state index contributed by atoms with van der Waals surface area (Å²) in [6, 6.07) is 9.02. The first-order valence-electron chi connectivity index (χ1n) is 9.02. The largest absolute Gasteiger partial charge is 0.382 e. The van der Waals surface area contributed by atoms with Crippen LogP contribution in [0.3, 0.4) is 0 Å². The number of nitrogen functional groups attached to an aromatic ring is 1. The van der Waals surface area contributed by atoms with Gasteiger partial charge in [-0.2, -0.15) is 5.10 Å². The Bertz CT molecular complexity index is 988. The summed E-state index contributed by atoms with van der Waals surface area (Å²) in [5.41, 5.74) is 9.03. The topological polar surface area (TPSA) is 111 Å². The van der Waals surface area contributed by atoms with E-state index in [-0.39, 0.29) is 11.4 Å². The molecule has 8 heteroatoms. The quantitative estimate of drug-likeness (QED) is 0.628. The molecular formula is C20H25N7O. The fourth-order valence-corrected chi connectivity index (χ4v) is 2.77. The van der Waals surface area contributed by atoms with E-state index >= 15 is 0 Å². The molecular weight excluding hydrogens is 354 g/mol. The molecule has 0 saturated carbocycles. The number of aromatic nitrogens is 4. The lowest BCUT2D eigenvalue weighted by atomic mass is 10.1. The van der Waals surface area contributed by atoms with Gasteiger partial charge in [-0.25, -0.2) is 4.98 Å². The molecule has 3 aromatic heterocycles. The Morgan fingerprint density at radius 1 is 1.18 bits per heavy atom. The van der Waals surface area contributed by atoms with Crippen molar-refractivity contribution < 1.29 is 4.79 Å². The highest BCUT2D eigenvalue weighted by Gasteiger charge is 2.23. The molecule has 0 bridgehead atoms. The van der Waals surface area contributed by atoms with Crippen molar-refractivity contribution in [3.63, 3.8) is 0 Å². The highest BCUT2D eigenvalue weighted by Crippen LogP contribution is 2.19. The molecule has 0 aliphatic carbocycles. The molecule has 28 heavy (non-hydrogen) atoms. The molecule has 8 nitrogen and oxygen atoms in total. The van der Waals surface area contributed by atoms with Gasteiger partial charge in [0.2, 0.25) is 0 Å². The summed E-state index contributed by atoms with van der Waals surface area (Å²) < 4.78 is 1.74. The average molecular weight is 379 g/mol. The first-order valence-corrected chi connectivity index (χ1v) is 9.02. The molecule has 0 fully saturated rings. The normalized spacial score (nSPS) is 11.3. The first kappa shape index (κ1) is 19.3.